The lowest BCUT2D eigenvalue weighted by molar-refractivity contribution is -0.114. The maximum Gasteiger partial charge on any atom is 0.255 e. The summed E-state index contributed by atoms with van der Waals surface area (Å²) in [7, 11) is 0. The Morgan fingerprint density at radius 3 is 2.08 bits per heavy atom. The third-order valence-electron chi connectivity index (χ3n) is 3.74. The van der Waals surface area contributed by atoms with Crippen molar-refractivity contribution >= 4 is 29.1 Å². The molecule has 0 radical (unpaired) electrons. The summed E-state index contributed by atoms with van der Waals surface area (Å²) in [6, 6.07) is 13.7. The lowest BCUT2D eigenvalue weighted by Crippen LogP contribution is -2.25. The minimum absolute atomic E-state index is 0.162. The van der Waals surface area contributed by atoms with Crippen LogP contribution in [0, 0.1) is 0 Å². The van der Waals surface area contributed by atoms with Crippen molar-refractivity contribution in [3.05, 3.63) is 59.7 Å². The highest BCUT2D eigenvalue weighted by molar-refractivity contribution is 6.06. The number of rotatable bonds is 5. The zero-order valence-electron chi connectivity index (χ0n) is 13.8. The van der Waals surface area contributed by atoms with E-state index in [4.69, 9.17) is 0 Å². The molecule has 2 aromatic carbocycles. The van der Waals surface area contributed by atoms with E-state index in [1.807, 2.05) is 0 Å². The fraction of sp³-hybridized carbons (Fsp3) is 0.211. The topological polar surface area (TPSA) is 87.3 Å². The van der Waals surface area contributed by atoms with E-state index < -0.39 is 0 Å². The zero-order valence-corrected chi connectivity index (χ0v) is 13.8. The molecule has 2 aromatic rings. The predicted octanol–water partition coefficient (Wildman–Crippen LogP) is 2.79. The van der Waals surface area contributed by atoms with Crippen molar-refractivity contribution in [1.29, 1.82) is 0 Å². The number of nitrogens with one attached hydrogen (secondary N) is 3. The number of anilines is 2. The third-order valence-corrected chi connectivity index (χ3v) is 3.74. The molecule has 3 amide bonds. The van der Waals surface area contributed by atoms with E-state index in [-0.39, 0.29) is 23.8 Å². The SMILES string of the molecule is CC(=O)Nc1cccc(NC(=O)c2cccc(C(=O)NC3CC3)c2)c1. The Kier molecular flexibility index (Phi) is 4.79. The first-order chi connectivity index (χ1) is 12.0. The van der Waals surface area contributed by atoms with Crippen molar-refractivity contribution in [2.75, 3.05) is 10.6 Å². The molecular formula is C19H19N3O3. The lowest BCUT2D eigenvalue weighted by atomic mass is 10.1. The summed E-state index contributed by atoms with van der Waals surface area (Å²) in [5.74, 6) is -0.663. The number of hydrogen-bond donors (Lipinski definition) is 3. The Labute approximate surface area is 145 Å². The molecule has 25 heavy (non-hydrogen) atoms. The number of carbonyl (C=O) groups excluding carboxylic acids is 3. The van der Waals surface area contributed by atoms with Gasteiger partial charge in [-0.25, -0.2) is 0 Å². The van der Waals surface area contributed by atoms with E-state index in [0.717, 1.165) is 12.8 Å². The molecule has 0 unspecified atom stereocenters. The maximum absolute atomic E-state index is 12.4. The summed E-state index contributed by atoms with van der Waals surface area (Å²) >= 11 is 0. The minimum Gasteiger partial charge on any atom is -0.349 e. The Hall–Kier alpha value is -3.15. The van der Waals surface area contributed by atoms with Gasteiger partial charge in [0.15, 0.2) is 0 Å². The van der Waals surface area contributed by atoms with E-state index in [2.05, 4.69) is 16.0 Å². The van der Waals surface area contributed by atoms with Gasteiger partial charge in [-0.2, -0.15) is 0 Å². The minimum atomic E-state index is -0.318. The largest absolute Gasteiger partial charge is 0.349 e. The number of hydrogen-bond acceptors (Lipinski definition) is 3. The van der Waals surface area contributed by atoms with Crippen LogP contribution in [-0.4, -0.2) is 23.8 Å². The van der Waals surface area contributed by atoms with Crippen molar-refractivity contribution in [3.63, 3.8) is 0 Å². The molecular weight excluding hydrogens is 318 g/mol. The van der Waals surface area contributed by atoms with Crippen LogP contribution in [0.1, 0.15) is 40.5 Å². The Balaban J connectivity index is 1.70. The molecule has 128 valence electrons. The second-order valence-corrected chi connectivity index (χ2v) is 6.04. The molecule has 6 nitrogen and oxygen atoms in total. The Morgan fingerprint density at radius 1 is 0.840 bits per heavy atom. The summed E-state index contributed by atoms with van der Waals surface area (Å²) < 4.78 is 0. The van der Waals surface area contributed by atoms with Crippen LogP contribution in [0.25, 0.3) is 0 Å². The van der Waals surface area contributed by atoms with Gasteiger partial charge in [-0.3, -0.25) is 14.4 Å². The summed E-state index contributed by atoms with van der Waals surface area (Å²) in [5.41, 5.74) is 2.02. The van der Waals surface area contributed by atoms with E-state index >= 15 is 0 Å². The Morgan fingerprint density at radius 2 is 1.44 bits per heavy atom. The third kappa shape index (κ3) is 4.67. The van der Waals surface area contributed by atoms with Gasteiger partial charge >= 0.3 is 0 Å². The predicted molar refractivity (Wildman–Crippen MR) is 95.6 cm³/mol. The average Bonchev–Trinajstić information content (AvgIpc) is 3.38. The molecule has 6 heteroatoms. The van der Waals surface area contributed by atoms with Crippen molar-refractivity contribution in [3.8, 4) is 0 Å². The summed E-state index contributed by atoms with van der Waals surface area (Å²) in [4.78, 5) is 35.6. The van der Waals surface area contributed by atoms with Crippen molar-refractivity contribution in [2.45, 2.75) is 25.8 Å². The molecule has 0 aliphatic heterocycles. The van der Waals surface area contributed by atoms with Crippen LogP contribution in [0.4, 0.5) is 11.4 Å². The summed E-state index contributed by atoms with van der Waals surface area (Å²) in [6.45, 7) is 1.42. The molecule has 1 fully saturated rings. The van der Waals surface area contributed by atoms with Crippen molar-refractivity contribution in [1.82, 2.24) is 5.32 Å². The highest BCUT2D eigenvalue weighted by atomic mass is 16.2. The van der Waals surface area contributed by atoms with Gasteiger partial charge < -0.3 is 16.0 Å². The molecule has 1 aliphatic carbocycles. The van der Waals surface area contributed by atoms with E-state index in [0.29, 0.717) is 22.5 Å². The standard InChI is InChI=1S/C19H19N3O3/c1-12(23)20-16-6-3-7-17(11-16)22-19(25)14-5-2-4-13(10-14)18(24)21-15-8-9-15/h2-7,10-11,15H,8-9H2,1H3,(H,20,23)(H,21,24)(H,22,25). The first-order valence-corrected chi connectivity index (χ1v) is 8.11. The first kappa shape index (κ1) is 16.7. The lowest BCUT2D eigenvalue weighted by Gasteiger charge is -2.09. The van der Waals surface area contributed by atoms with Crippen LogP contribution < -0.4 is 16.0 Å². The molecule has 0 bridgehead atoms. The number of benzene rings is 2. The van der Waals surface area contributed by atoms with Crippen molar-refractivity contribution in [2.24, 2.45) is 0 Å². The van der Waals surface area contributed by atoms with Gasteiger partial charge in [0.05, 0.1) is 0 Å². The van der Waals surface area contributed by atoms with Gasteiger partial charge in [0.1, 0.15) is 0 Å². The van der Waals surface area contributed by atoms with Crippen LogP contribution in [0.3, 0.4) is 0 Å². The fourth-order valence-electron chi connectivity index (χ4n) is 2.38. The van der Waals surface area contributed by atoms with Crippen LogP contribution in [-0.2, 0) is 4.79 Å². The molecule has 1 saturated carbocycles. The molecule has 3 N–H and O–H groups in total. The number of carbonyl (C=O) groups is 3. The molecule has 0 heterocycles. The van der Waals surface area contributed by atoms with Gasteiger partial charge in [0.25, 0.3) is 11.8 Å². The molecule has 0 atom stereocenters. The van der Waals surface area contributed by atoms with Gasteiger partial charge in [0.2, 0.25) is 5.91 Å². The molecule has 0 saturated heterocycles. The van der Waals surface area contributed by atoms with Crippen LogP contribution in [0.5, 0.6) is 0 Å². The molecule has 0 aromatic heterocycles. The highest BCUT2D eigenvalue weighted by Gasteiger charge is 2.24. The smallest absolute Gasteiger partial charge is 0.255 e. The quantitative estimate of drug-likeness (QED) is 0.784. The fourth-order valence-corrected chi connectivity index (χ4v) is 2.38. The average molecular weight is 337 g/mol. The Bertz CT molecular complexity index is 828. The second-order valence-electron chi connectivity index (χ2n) is 6.04. The van der Waals surface area contributed by atoms with Crippen LogP contribution in [0.2, 0.25) is 0 Å². The normalized spacial score (nSPS) is 13.0. The molecule has 0 spiro atoms. The summed E-state index contributed by atoms with van der Waals surface area (Å²) in [5, 5.41) is 8.33. The van der Waals surface area contributed by atoms with E-state index in [9.17, 15) is 14.4 Å². The van der Waals surface area contributed by atoms with Gasteiger partial charge in [0, 0.05) is 35.5 Å². The van der Waals surface area contributed by atoms with Gasteiger partial charge in [-0.15, -0.1) is 0 Å². The van der Waals surface area contributed by atoms with Crippen LogP contribution in [0.15, 0.2) is 48.5 Å². The number of amides is 3. The second kappa shape index (κ2) is 7.17. The van der Waals surface area contributed by atoms with Crippen molar-refractivity contribution < 1.29 is 14.4 Å². The zero-order chi connectivity index (χ0) is 17.8. The monoisotopic (exact) mass is 337 g/mol. The van der Waals surface area contributed by atoms with E-state index in [1.165, 1.54) is 6.92 Å². The highest BCUT2D eigenvalue weighted by Crippen LogP contribution is 2.20. The summed E-state index contributed by atoms with van der Waals surface area (Å²) in [6.07, 6.45) is 2.02. The van der Waals surface area contributed by atoms with Crippen LogP contribution >= 0.6 is 0 Å². The molecule has 1 aliphatic rings. The van der Waals surface area contributed by atoms with Gasteiger partial charge in [-0.1, -0.05) is 12.1 Å². The maximum atomic E-state index is 12.4. The molecule has 3 rings (SSSR count). The first-order valence-electron chi connectivity index (χ1n) is 8.11. The van der Waals surface area contributed by atoms with E-state index in [1.54, 1.807) is 48.5 Å². The van der Waals surface area contributed by atoms with Gasteiger partial charge in [-0.05, 0) is 49.2 Å².